The highest BCUT2D eigenvalue weighted by Gasteiger charge is 2.43. The fraction of sp³-hybridized carbons (Fsp3) is 0.231. The van der Waals surface area contributed by atoms with Crippen molar-refractivity contribution in [1.29, 1.82) is 10.5 Å². The highest BCUT2D eigenvalue weighted by molar-refractivity contribution is 9.10. The van der Waals surface area contributed by atoms with Crippen LogP contribution in [0.3, 0.4) is 0 Å². The van der Waals surface area contributed by atoms with E-state index in [1.165, 1.54) is 22.3 Å². The number of hydrogen-bond acceptors (Lipinski definition) is 2. The molecule has 0 heterocycles. The first-order valence-corrected chi connectivity index (χ1v) is 11.5. The molecular weight excluding hydrogens is 500 g/mol. The van der Waals surface area contributed by atoms with Gasteiger partial charge in [0.1, 0.15) is 0 Å². The number of benzene rings is 3. The van der Waals surface area contributed by atoms with Gasteiger partial charge in [0.25, 0.3) is 0 Å². The minimum Gasteiger partial charge on any atom is -0.197 e. The molecule has 0 N–H and O–H groups in total. The molecule has 30 heavy (non-hydrogen) atoms. The molecule has 0 aliphatic heterocycles. The second kappa shape index (κ2) is 7.09. The Morgan fingerprint density at radius 3 is 1.13 bits per heavy atom. The van der Waals surface area contributed by atoms with Gasteiger partial charge in [0.05, 0.1) is 23.0 Å². The van der Waals surface area contributed by atoms with Crippen LogP contribution in [-0.4, -0.2) is 0 Å². The third kappa shape index (κ3) is 3.02. The second-order valence-electron chi connectivity index (χ2n) is 8.50. The maximum absolute atomic E-state index is 10.1. The third-order valence-corrected chi connectivity index (χ3v) is 7.77. The van der Waals surface area contributed by atoms with Crippen molar-refractivity contribution in [3.63, 3.8) is 0 Å². The molecular formula is C26H18Br2N2. The van der Waals surface area contributed by atoms with E-state index < -0.39 is 10.8 Å². The van der Waals surface area contributed by atoms with Crippen LogP contribution in [0.1, 0.15) is 33.4 Å². The van der Waals surface area contributed by atoms with E-state index in [0.29, 0.717) is 0 Å². The number of halogens is 2. The molecule has 0 saturated carbocycles. The first-order chi connectivity index (χ1) is 14.5. The SMILES string of the molecule is N#CC1(c2ccc(Br)cc2)Cc2cc3c(cc2C1)CC(C#N)(c1ccc(Br)cc1)C3. The average molecular weight is 518 g/mol. The van der Waals surface area contributed by atoms with Gasteiger partial charge in [-0.15, -0.1) is 0 Å². The van der Waals surface area contributed by atoms with Crippen molar-refractivity contribution >= 4 is 31.9 Å². The van der Waals surface area contributed by atoms with Crippen molar-refractivity contribution in [3.05, 3.63) is 103 Å². The smallest absolute Gasteiger partial charge is 0.0902 e. The molecule has 0 spiro atoms. The molecule has 3 aromatic carbocycles. The summed E-state index contributed by atoms with van der Waals surface area (Å²) in [5, 5.41) is 20.2. The van der Waals surface area contributed by atoms with Crippen LogP contribution < -0.4 is 0 Å². The zero-order valence-electron chi connectivity index (χ0n) is 16.3. The molecule has 0 aromatic heterocycles. The van der Waals surface area contributed by atoms with Crippen molar-refractivity contribution in [2.75, 3.05) is 0 Å². The number of nitriles is 2. The summed E-state index contributed by atoms with van der Waals surface area (Å²) in [4.78, 5) is 0. The molecule has 0 saturated heterocycles. The summed E-state index contributed by atoms with van der Waals surface area (Å²) in [6.07, 6.45) is 2.91. The van der Waals surface area contributed by atoms with E-state index in [4.69, 9.17) is 0 Å². The summed E-state index contributed by atoms with van der Waals surface area (Å²) in [6, 6.07) is 26.0. The molecule has 0 atom stereocenters. The Morgan fingerprint density at radius 2 is 0.867 bits per heavy atom. The van der Waals surface area contributed by atoms with Gasteiger partial charge in [-0.3, -0.25) is 0 Å². The zero-order chi connectivity index (χ0) is 20.9. The Kier molecular flexibility index (Phi) is 4.62. The minimum absolute atomic E-state index is 0.504. The standard InChI is InChI=1S/C26H18Br2N2/c27-23-5-1-21(2-6-23)25(15-29)11-17-9-19-13-26(16-30,14-20(19)10-18(17)12-25)22-3-7-24(28)8-4-22/h1-10H,11-14H2. The molecule has 2 aliphatic carbocycles. The van der Waals surface area contributed by atoms with Crippen LogP contribution in [0.25, 0.3) is 0 Å². The van der Waals surface area contributed by atoms with E-state index in [2.05, 4.69) is 80.4 Å². The second-order valence-corrected chi connectivity index (χ2v) is 10.3. The van der Waals surface area contributed by atoms with E-state index in [9.17, 15) is 10.5 Å². The van der Waals surface area contributed by atoms with Gasteiger partial charge in [-0.25, -0.2) is 0 Å². The predicted octanol–water partition coefficient (Wildman–Crippen LogP) is 6.33. The Bertz CT molecular complexity index is 1100. The number of hydrogen-bond donors (Lipinski definition) is 0. The molecule has 2 nitrogen and oxygen atoms in total. The number of nitrogens with zero attached hydrogens (tertiary/aromatic N) is 2. The number of fused-ring (bicyclic) bond motifs is 2. The highest BCUT2D eigenvalue weighted by atomic mass is 79.9. The lowest BCUT2D eigenvalue weighted by molar-refractivity contribution is 0.580. The van der Waals surface area contributed by atoms with E-state index in [1.807, 2.05) is 24.3 Å². The summed E-state index contributed by atoms with van der Waals surface area (Å²) in [5.74, 6) is 0. The molecule has 0 unspecified atom stereocenters. The van der Waals surface area contributed by atoms with Gasteiger partial charge in [-0.05, 0) is 83.3 Å². The zero-order valence-corrected chi connectivity index (χ0v) is 19.4. The van der Waals surface area contributed by atoms with Crippen LogP contribution in [0.15, 0.2) is 69.6 Å². The summed E-state index contributed by atoms with van der Waals surface area (Å²) >= 11 is 6.97. The van der Waals surface area contributed by atoms with Crippen molar-refractivity contribution < 1.29 is 0 Å². The lowest BCUT2D eigenvalue weighted by atomic mass is 9.78. The van der Waals surface area contributed by atoms with Gasteiger partial charge >= 0.3 is 0 Å². The Labute approximate surface area is 193 Å². The lowest BCUT2D eigenvalue weighted by Crippen LogP contribution is -2.25. The molecule has 5 rings (SSSR count). The molecule has 4 heteroatoms. The lowest BCUT2D eigenvalue weighted by Gasteiger charge is -2.21. The Morgan fingerprint density at radius 1 is 0.567 bits per heavy atom. The summed E-state index contributed by atoms with van der Waals surface area (Å²) in [5.41, 5.74) is 6.15. The maximum Gasteiger partial charge on any atom is 0.0902 e. The molecule has 0 amide bonds. The molecule has 0 bridgehead atoms. The van der Waals surface area contributed by atoms with E-state index >= 15 is 0 Å². The van der Waals surface area contributed by atoms with E-state index in [-0.39, 0.29) is 0 Å². The van der Waals surface area contributed by atoms with E-state index in [0.717, 1.165) is 45.8 Å². The van der Waals surface area contributed by atoms with Crippen LogP contribution in [0, 0.1) is 22.7 Å². The van der Waals surface area contributed by atoms with Crippen LogP contribution in [-0.2, 0) is 36.5 Å². The van der Waals surface area contributed by atoms with Gasteiger partial charge in [0, 0.05) is 8.95 Å². The fourth-order valence-corrected chi connectivity index (χ4v) is 5.64. The third-order valence-electron chi connectivity index (χ3n) is 6.71. The van der Waals surface area contributed by atoms with Crippen molar-refractivity contribution in [2.24, 2.45) is 0 Å². The Balaban J connectivity index is 1.49. The van der Waals surface area contributed by atoms with E-state index in [1.54, 1.807) is 0 Å². The van der Waals surface area contributed by atoms with Crippen molar-refractivity contribution in [3.8, 4) is 12.1 Å². The van der Waals surface area contributed by atoms with Gasteiger partial charge < -0.3 is 0 Å². The first-order valence-electron chi connectivity index (χ1n) is 9.95. The van der Waals surface area contributed by atoms with Gasteiger partial charge in [0.2, 0.25) is 0 Å². The summed E-state index contributed by atoms with van der Waals surface area (Å²) < 4.78 is 2.05. The quantitative estimate of drug-likeness (QED) is 0.398. The average Bonchev–Trinajstić information content (AvgIpc) is 3.31. The first kappa shape index (κ1) is 19.6. The van der Waals surface area contributed by atoms with Crippen molar-refractivity contribution in [1.82, 2.24) is 0 Å². The topological polar surface area (TPSA) is 47.6 Å². The van der Waals surface area contributed by atoms with Crippen LogP contribution >= 0.6 is 31.9 Å². The monoisotopic (exact) mass is 516 g/mol. The van der Waals surface area contributed by atoms with Crippen LogP contribution in [0.2, 0.25) is 0 Å². The van der Waals surface area contributed by atoms with Crippen LogP contribution in [0.5, 0.6) is 0 Å². The molecule has 2 aliphatic rings. The normalized spacial score (nSPS) is 17.6. The minimum atomic E-state index is -0.504. The van der Waals surface area contributed by atoms with Gasteiger partial charge in [0.15, 0.2) is 0 Å². The molecule has 146 valence electrons. The predicted molar refractivity (Wildman–Crippen MR) is 124 cm³/mol. The largest absolute Gasteiger partial charge is 0.197 e. The van der Waals surface area contributed by atoms with Crippen molar-refractivity contribution in [2.45, 2.75) is 36.5 Å². The van der Waals surface area contributed by atoms with Gasteiger partial charge in [-0.1, -0.05) is 68.3 Å². The molecule has 0 fully saturated rings. The fourth-order valence-electron chi connectivity index (χ4n) is 5.11. The molecule has 3 aromatic rings. The highest BCUT2D eigenvalue weighted by Crippen LogP contribution is 2.45. The van der Waals surface area contributed by atoms with Gasteiger partial charge in [-0.2, -0.15) is 10.5 Å². The summed E-state index contributed by atoms with van der Waals surface area (Å²) in [7, 11) is 0. The molecule has 0 radical (unpaired) electrons. The maximum atomic E-state index is 10.1. The number of rotatable bonds is 2. The van der Waals surface area contributed by atoms with Crippen LogP contribution in [0.4, 0.5) is 0 Å². The summed E-state index contributed by atoms with van der Waals surface area (Å²) in [6.45, 7) is 0. The Hall–Kier alpha value is -2.40.